The molecular weight excluding hydrogens is 342 g/mol. The second-order valence-corrected chi connectivity index (χ2v) is 7.65. The van der Waals surface area contributed by atoms with Crippen molar-refractivity contribution >= 4 is 23.5 Å². The highest BCUT2D eigenvalue weighted by atomic mass is 16.2. The van der Waals surface area contributed by atoms with Gasteiger partial charge >= 0.3 is 6.03 Å². The van der Waals surface area contributed by atoms with Crippen LogP contribution in [0.5, 0.6) is 0 Å². The Balaban J connectivity index is 1.75. The molecule has 2 fully saturated rings. The summed E-state index contributed by atoms with van der Waals surface area (Å²) in [5.41, 5.74) is 2.08. The van der Waals surface area contributed by atoms with Crippen LogP contribution in [0.3, 0.4) is 0 Å². The Hall–Kier alpha value is -2.37. The van der Waals surface area contributed by atoms with Gasteiger partial charge in [-0.2, -0.15) is 0 Å². The van der Waals surface area contributed by atoms with E-state index in [-0.39, 0.29) is 24.3 Å². The molecule has 2 aliphatic rings. The number of carbonyl (C=O) groups excluding carboxylic acids is 3. The van der Waals surface area contributed by atoms with Crippen LogP contribution in [0.2, 0.25) is 0 Å². The van der Waals surface area contributed by atoms with Gasteiger partial charge in [-0.15, -0.1) is 0 Å². The molecule has 0 unspecified atom stereocenters. The topological polar surface area (TPSA) is 78.5 Å². The first kappa shape index (κ1) is 19.4. The summed E-state index contributed by atoms with van der Waals surface area (Å²) in [6.45, 7) is 5.83. The van der Waals surface area contributed by atoms with Crippen molar-refractivity contribution < 1.29 is 14.4 Å². The highest BCUT2D eigenvalue weighted by Crippen LogP contribution is 2.38. The summed E-state index contributed by atoms with van der Waals surface area (Å²) in [7, 11) is 0. The lowest BCUT2D eigenvalue weighted by atomic mass is 9.73. The average molecular weight is 371 g/mol. The Labute approximate surface area is 160 Å². The van der Waals surface area contributed by atoms with Gasteiger partial charge in [0.25, 0.3) is 5.91 Å². The van der Waals surface area contributed by atoms with E-state index in [4.69, 9.17) is 0 Å². The van der Waals surface area contributed by atoms with Crippen LogP contribution < -0.4 is 10.6 Å². The first-order valence-corrected chi connectivity index (χ1v) is 9.97. The minimum absolute atomic E-state index is 0.0864. The molecule has 1 aromatic carbocycles. The summed E-state index contributed by atoms with van der Waals surface area (Å²) in [6.07, 6.45) is 5.14. The molecule has 1 saturated heterocycles. The van der Waals surface area contributed by atoms with Gasteiger partial charge in [0.15, 0.2) is 0 Å². The largest absolute Gasteiger partial charge is 0.325 e. The van der Waals surface area contributed by atoms with Gasteiger partial charge in [0.2, 0.25) is 5.91 Å². The molecule has 1 heterocycles. The lowest BCUT2D eigenvalue weighted by Crippen LogP contribution is -2.54. The molecule has 27 heavy (non-hydrogen) atoms. The van der Waals surface area contributed by atoms with Crippen LogP contribution in [0.15, 0.2) is 18.2 Å². The normalized spacial score (nSPS) is 25.0. The van der Waals surface area contributed by atoms with E-state index in [1.165, 1.54) is 0 Å². The fraction of sp³-hybridized carbons (Fsp3) is 0.571. The van der Waals surface area contributed by atoms with E-state index in [2.05, 4.69) is 10.6 Å². The van der Waals surface area contributed by atoms with Crippen LogP contribution in [0.4, 0.5) is 10.5 Å². The van der Waals surface area contributed by atoms with Crippen LogP contribution in [0.25, 0.3) is 0 Å². The fourth-order valence-electron chi connectivity index (χ4n) is 4.36. The number of amides is 4. The number of anilines is 1. The van der Waals surface area contributed by atoms with Crippen LogP contribution in [-0.4, -0.2) is 34.8 Å². The third-order valence-corrected chi connectivity index (χ3v) is 6.07. The molecule has 0 radical (unpaired) electrons. The quantitative estimate of drug-likeness (QED) is 0.780. The zero-order chi connectivity index (χ0) is 19.6. The van der Waals surface area contributed by atoms with E-state index in [1.54, 1.807) is 0 Å². The Morgan fingerprint density at radius 2 is 1.89 bits per heavy atom. The molecule has 0 aromatic heterocycles. The second kappa shape index (κ2) is 7.71. The Bertz CT molecular complexity index is 739. The third kappa shape index (κ3) is 3.45. The van der Waals surface area contributed by atoms with Crippen molar-refractivity contribution in [2.24, 2.45) is 5.92 Å². The standard InChI is InChI=1S/C21H29N3O3/c1-4-15-10-8-11-16(5-2)18(15)22-17(25)13-24-19(26)21(23-20(24)27)12-7-6-9-14(21)3/h8,10-11,14H,4-7,9,12-13H2,1-3H3,(H,22,25)(H,23,27)/t14-,21-/m1/s1. The molecule has 1 aliphatic carbocycles. The maximum atomic E-state index is 13.0. The molecule has 1 aromatic rings. The summed E-state index contributed by atoms with van der Waals surface area (Å²) < 4.78 is 0. The Kier molecular flexibility index (Phi) is 5.53. The first-order valence-electron chi connectivity index (χ1n) is 9.97. The van der Waals surface area contributed by atoms with Crippen molar-refractivity contribution in [2.75, 3.05) is 11.9 Å². The van der Waals surface area contributed by atoms with Gasteiger partial charge in [-0.1, -0.05) is 51.8 Å². The summed E-state index contributed by atoms with van der Waals surface area (Å²) in [5.74, 6) is -0.507. The van der Waals surface area contributed by atoms with Crippen LogP contribution >= 0.6 is 0 Å². The number of rotatable bonds is 5. The fourth-order valence-corrected chi connectivity index (χ4v) is 4.36. The van der Waals surface area contributed by atoms with Crippen molar-refractivity contribution in [3.05, 3.63) is 29.3 Å². The molecule has 1 spiro atoms. The predicted octanol–water partition coefficient (Wildman–Crippen LogP) is 3.25. The van der Waals surface area contributed by atoms with Crippen LogP contribution in [0.1, 0.15) is 57.6 Å². The van der Waals surface area contributed by atoms with Gasteiger partial charge < -0.3 is 10.6 Å². The maximum Gasteiger partial charge on any atom is 0.325 e. The van der Waals surface area contributed by atoms with E-state index in [1.807, 2.05) is 39.0 Å². The summed E-state index contributed by atoms with van der Waals surface area (Å²) in [5, 5.41) is 5.83. The van der Waals surface area contributed by atoms with Crippen molar-refractivity contribution in [3.8, 4) is 0 Å². The lowest BCUT2D eigenvalue weighted by molar-refractivity contribution is -0.136. The van der Waals surface area contributed by atoms with Crippen molar-refractivity contribution in [3.63, 3.8) is 0 Å². The van der Waals surface area contributed by atoms with Crippen molar-refractivity contribution in [1.29, 1.82) is 0 Å². The second-order valence-electron chi connectivity index (χ2n) is 7.65. The van der Waals surface area contributed by atoms with E-state index in [0.29, 0.717) is 6.42 Å². The molecular formula is C21H29N3O3. The van der Waals surface area contributed by atoms with Crippen molar-refractivity contribution in [2.45, 2.75) is 64.8 Å². The molecule has 3 rings (SSSR count). The zero-order valence-electron chi connectivity index (χ0n) is 16.4. The summed E-state index contributed by atoms with van der Waals surface area (Å²) >= 11 is 0. The first-order chi connectivity index (χ1) is 12.9. The number of benzene rings is 1. The number of hydrogen-bond donors (Lipinski definition) is 2. The monoisotopic (exact) mass is 371 g/mol. The number of aryl methyl sites for hydroxylation is 2. The number of para-hydroxylation sites is 1. The number of nitrogens with one attached hydrogen (secondary N) is 2. The van der Waals surface area contributed by atoms with Gasteiger partial charge in [-0.25, -0.2) is 4.79 Å². The van der Waals surface area contributed by atoms with Crippen LogP contribution in [-0.2, 0) is 22.4 Å². The number of nitrogens with zero attached hydrogens (tertiary/aromatic N) is 1. The molecule has 1 saturated carbocycles. The smallest absolute Gasteiger partial charge is 0.324 e. The van der Waals surface area contributed by atoms with E-state index in [0.717, 1.165) is 53.8 Å². The summed E-state index contributed by atoms with van der Waals surface area (Å²) in [4.78, 5) is 39.2. The van der Waals surface area contributed by atoms with Gasteiger partial charge in [0.1, 0.15) is 12.1 Å². The minimum atomic E-state index is -0.828. The number of hydrogen-bond acceptors (Lipinski definition) is 3. The zero-order valence-corrected chi connectivity index (χ0v) is 16.4. The molecule has 4 amide bonds. The van der Waals surface area contributed by atoms with Gasteiger partial charge in [0.05, 0.1) is 0 Å². The highest BCUT2D eigenvalue weighted by molar-refractivity contribution is 6.10. The molecule has 2 atom stereocenters. The number of imide groups is 1. The van der Waals surface area contributed by atoms with Crippen molar-refractivity contribution in [1.82, 2.24) is 10.2 Å². The summed E-state index contributed by atoms with van der Waals surface area (Å²) in [6, 6.07) is 5.50. The third-order valence-electron chi connectivity index (χ3n) is 6.07. The molecule has 2 N–H and O–H groups in total. The Morgan fingerprint density at radius 1 is 1.22 bits per heavy atom. The SMILES string of the molecule is CCc1cccc(CC)c1NC(=O)CN1C(=O)N[C@@]2(CCCC[C@H]2C)C1=O. The van der Waals surface area contributed by atoms with Crippen LogP contribution in [0, 0.1) is 5.92 Å². The average Bonchev–Trinajstić information content (AvgIpc) is 2.89. The molecule has 6 heteroatoms. The lowest BCUT2D eigenvalue weighted by Gasteiger charge is -2.36. The highest BCUT2D eigenvalue weighted by Gasteiger charge is 2.55. The molecule has 6 nitrogen and oxygen atoms in total. The van der Waals surface area contributed by atoms with E-state index in [9.17, 15) is 14.4 Å². The molecule has 1 aliphatic heterocycles. The Morgan fingerprint density at radius 3 is 2.48 bits per heavy atom. The van der Waals surface area contributed by atoms with E-state index >= 15 is 0 Å². The number of carbonyl (C=O) groups is 3. The number of urea groups is 1. The molecule has 146 valence electrons. The minimum Gasteiger partial charge on any atom is -0.324 e. The molecule has 0 bridgehead atoms. The van der Waals surface area contributed by atoms with Gasteiger partial charge in [-0.3, -0.25) is 14.5 Å². The van der Waals surface area contributed by atoms with E-state index < -0.39 is 11.6 Å². The maximum absolute atomic E-state index is 13.0. The van der Waals surface area contributed by atoms with Gasteiger partial charge in [0, 0.05) is 5.69 Å². The predicted molar refractivity (Wildman–Crippen MR) is 104 cm³/mol. The van der Waals surface area contributed by atoms with Gasteiger partial charge in [-0.05, 0) is 42.7 Å².